The molecule has 1 aliphatic rings. The number of aromatic nitrogens is 1. The first-order valence-corrected chi connectivity index (χ1v) is 12.1. The lowest BCUT2D eigenvalue weighted by Crippen LogP contribution is -2.32. The summed E-state index contributed by atoms with van der Waals surface area (Å²) in [5, 5.41) is 12.4. The van der Waals surface area contributed by atoms with Crippen molar-refractivity contribution in [2.24, 2.45) is 11.1 Å². The Morgan fingerprint density at radius 2 is 1.88 bits per heavy atom. The Morgan fingerprint density at radius 1 is 1.30 bits per heavy atom. The van der Waals surface area contributed by atoms with Gasteiger partial charge in [-0.2, -0.15) is 0 Å². The Bertz CT molecular complexity index is 788. The number of nitrogens with one attached hydrogen (secondary N) is 1. The third kappa shape index (κ3) is 12.6. The van der Waals surface area contributed by atoms with Crippen LogP contribution in [-0.2, 0) is 16.1 Å². The van der Waals surface area contributed by atoms with Crippen LogP contribution in [0.4, 0.5) is 0 Å². The maximum atomic E-state index is 11.6. The van der Waals surface area contributed by atoms with Crippen LogP contribution >= 0.6 is 11.3 Å². The zero-order valence-electron chi connectivity index (χ0n) is 21.1. The van der Waals surface area contributed by atoms with Gasteiger partial charge in [0.1, 0.15) is 6.79 Å². The second kappa shape index (κ2) is 16.5. The molecular formula is C25H42N4O3S. The van der Waals surface area contributed by atoms with E-state index < -0.39 is 0 Å². The van der Waals surface area contributed by atoms with Gasteiger partial charge in [0, 0.05) is 26.1 Å². The average molecular weight is 479 g/mol. The lowest BCUT2D eigenvalue weighted by Gasteiger charge is -2.22. The van der Waals surface area contributed by atoms with Crippen LogP contribution in [0.2, 0.25) is 0 Å². The molecule has 1 aromatic carbocycles. The molecule has 3 rings (SSSR count). The number of nitrogens with zero attached hydrogens (tertiary/aromatic N) is 2. The number of carbonyl (C=O) groups excluding carboxylic acids is 2. The van der Waals surface area contributed by atoms with Gasteiger partial charge in [-0.25, -0.2) is 4.98 Å². The monoisotopic (exact) mass is 478 g/mol. The van der Waals surface area contributed by atoms with E-state index in [1.54, 1.807) is 16.2 Å². The summed E-state index contributed by atoms with van der Waals surface area (Å²) in [5.41, 5.74) is 10.5. The zero-order chi connectivity index (χ0) is 25.4. The molecule has 7 nitrogen and oxygen atoms in total. The van der Waals surface area contributed by atoms with Crippen LogP contribution in [0.25, 0.3) is 10.4 Å². The van der Waals surface area contributed by atoms with Crippen molar-refractivity contribution in [3.63, 3.8) is 0 Å². The molecule has 1 fully saturated rings. The number of hydrogen-bond donors (Lipinski definition) is 3. The number of carbonyl (C=O) groups is 2. The normalized spacial score (nSPS) is 14.8. The van der Waals surface area contributed by atoms with Crippen molar-refractivity contribution in [2.75, 3.05) is 26.7 Å². The van der Waals surface area contributed by atoms with Crippen molar-refractivity contribution in [3.8, 4) is 10.4 Å². The zero-order valence-corrected chi connectivity index (χ0v) is 21.9. The van der Waals surface area contributed by atoms with Crippen molar-refractivity contribution in [1.82, 2.24) is 15.2 Å². The second-order valence-corrected chi connectivity index (χ2v) is 9.78. The summed E-state index contributed by atoms with van der Waals surface area (Å²) in [6.45, 7) is 15.0. The molecule has 0 aliphatic carbocycles. The quantitative estimate of drug-likeness (QED) is 0.619. The number of amides is 1. The fourth-order valence-electron chi connectivity index (χ4n) is 3.09. The van der Waals surface area contributed by atoms with Crippen LogP contribution in [0.15, 0.2) is 29.8 Å². The minimum atomic E-state index is -0.302. The second-order valence-electron chi connectivity index (χ2n) is 8.92. The molecule has 1 aliphatic heterocycles. The predicted octanol–water partition coefficient (Wildman–Crippen LogP) is 3.63. The highest BCUT2D eigenvalue weighted by Gasteiger charge is 2.27. The van der Waals surface area contributed by atoms with E-state index in [1.165, 1.54) is 16.0 Å². The molecule has 0 radical (unpaired) electrons. The predicted molar refractivity (Wildman–Crippen MR) is 138 cm³/mol. The summed E-state index contributed by atoms with van der Waals surface area (Å²) < 4.78 is 0. The van der Waals surface area contributed by atoms with Gasteiger partial charge in [-0.3, -0.25) is 4.79 Å². The molecule has 0 saturated carbocycles. The fraction of sp³-hybridized carbons (Fsp3) is 0.560. The fourth-order valence-corrected chi connectivity index (χ4v) is 3.90. The summed E-state index contributed by atoms with van der Waals surface area (Å²) in [6, 6.07) is 8.64. The van der Waals surface area contributed by atoms with Gasteiger partial charge in [0.2, 0.25) is 5.91 Å². The van der Waals surface area contributed by atoms with Gasteiger partial charge < -0.3 is 25.9 Å². The van der Waals surface area contributed by atoms with Crippen LogP contribution in [0.5, 0.6) is 0 Å². The third-order valence-corrected chi connectivity index (χ3v) is 5.52. The molecule has 2 heterocycles. The number of aryl methyl sites for hydroxylation is 1. The Kier molecular flexibility index (Phi) is 15.4. The van der Waals surface area contributed by atoms with E-state index >= 15 is 0 Å². The van der Waals surface area contributed by atoms with Crippen LogP contribution in [-0.4, -0.2) is 60.5 Å². The molecule has 1 atom stereocenters. The van der Waals surface area contributed by atoms with Gasteiger partial charge >= 0.3 is 0 Å². The summed E-state index contributed by atoms with van der Waals surface area (Å²) in [6.07, 6.45) is 0.999. The van der Waals surface area contributed by atoms with E-state index in [4.69, 9.17) is 10.5 Å². The molecule has 1 unspecified atom stereocenters. The van der Waals surface area contributed by atoms with Gasteiger partial charge in [-0.15, -0.1) is 11.3 Å². The average Bonchev–Trinajstić information content (AvgIpc) is 3.39. The number of β-amino-alcohol motifs (C(OH)–C–C–N with tert-alkyl or cyclic N) is 1. The summed E-state index contributed by atoms with van der Waals surface area (Å²) in [4.78, 5) is 26.9. The smallest absolute Gasteiger partial charge is 0.223 e. The molecule has 1 aromatic heterocycles. The number of hydrogen-bond acceptors (Lipinski definition) is 7. The molecule has 4 N–H and O–H groups in total. The Hall–Kier alpha value is -2.13. The minimum absolute atomic E-state index is 0.0463. The van der Waals surface area contributed by atoms with E-state index in [9.17, 15) is 9.90 Å². The van der Waals surface area contributed by atoms with Crippen LogP contribution < -0.4 is 11.1 Å². The number of likely N-dealkylation sites (tertiary alicyclic amines) is 1. The van der Waals surface area contributed by atoms with E-state index in [-0.39, 0.29) is 17.4 Å². The molecule has 186 valence electrons. The van der Waals surface area contributed by atoms with Crippen molar-refractivity contribution in [3.05, 3.63) is 41.0 Å². The summed E-state index contributed by atoms with van der Waals surface area (Å²) in [5.74, 6) is 0.170. The van der Waals surface area contributed by atoms with E-state index in [0.717, 1.165) is 31.7 Å². The third-order valence-electron chi connectivity index (χ3n) is 4.54. The lowest BCUT2D eigenvalue weighted by atomic mass is 9.92. The Labute approximate surface area is 203 Å². The highest BCUT2D eigenvalue weighted by molar-refractivity contribution is 7.13. The molecule has 2 aromatic rings. The van der Waals surface area contributed by atoms with E-state index in [2.05, 4.69) is 55.3 Å². The number of nitrogens with two attached hydrogens (primary N) is 1. The Balaban J connectivity index is 0.000000524. The molecular weight excluding hydrogens is 436 g/mol. The van der Waals surface area contributed by atoms with Crippen LogP contribution in [0.3, 0.4) is 0 Å². The van der Waals surface area contributed by atoms with Crippen LogP contribution in [0, 0.1) is 12.3 Å². The van der Waals surface area contributed by atoms with Gasteiger partial charge in [0.15, 0.2) is 0 Å². The summed E-state index contributed by atoms with van der Waals surface area (Å²) in [7, 11) is 1.96. The standard InChI is InChI=1S/C12H14N2S.C10H19NO2.C2H7N.CH2O/c1-9-12(15-8-14-9)11-5-3-10(4-6-11)7-13-2;1-10(2,3)6-9(13)11-5-4-8(12)7-11;1-2-3;1-2/h3-6,8,13H,7H2,1-2H3;8,12H,4-7H2,1-3H3;2-3H2,1H3;1H2. The highest BCUT2D eigenvalue weighted by atomic mass is 32.1. The number of aliphatic hydroxyl groups excluding tert-OH is 1. The number of aliphatic hydroxyl groups is 1. The lowest BCUT2D eigenvalue weighted by molar-refractivity contribution is -0.132. The van der Waals surface area contributed by atoms with Crippen molar-refractivity contribution >= 4 is 24.0 Å². The SMILES string of the molecule is C=O.CC(C)(C)CC(=O)N1CCC(O)C1.CCN.CNCc1ccc(-c2scnc2C)cc1. The molecule has 0 bridgehead atoms. The largest absolute Gasteiger partial charge is 0.391 e. The highest BCUT2D eigenvalue weighted by Crippen LogP contribution is 2.27. The van der Waals surface area contributed by atoms with E-state index in [1.807, 2.05) is 33.2 Å². The maximum Gasteiger partial charge on any atom is 0.223 e. The number of rotatable bonds is 4. The first kappa shape index (κ1) is 30.9. The maximum absolute atomic E-state index is 11.6. The van der Waals surface area contributed by atoms with Gasteiger partial charge in [-0.1, -0.05) is 52.0 Å². The first-order valence-electron chi connectivity index (χ1n) is 11.2. The van der Waals surface area contributed by atoms with Crippen molar-refractivity contribution in [1.29, 1.82) is 0 Å². The van der Waals surface area contributed by atoms with Crippen molar-refractivity contribution in [2.45, 2.75) is 60.1 Å². The van der Waals surface area contributed by atoms with Gasteiger partial charge in [0.05, 0.1) is 22.2 Å². The van der Waals surface area contributed by atoms with E-state index in [0.29, 0.717) is 13.0 Å². The topological polar surface area (TPSA) is 109 Å². The minimum Gasteiger partial charge on any atom is -0.391 e. The van der Waals surface area contributed by atoms with Crippen molar-refractivity contribution < 1.29 is 14.7 Å². The first-order chi connectivity index (χ1) is 15.6. The molecule has 33 heavy (non-hydrogen) atoms. The van der Waals surface area contributed by atoms with Crippen LogP contribution in [0.1, 0.15) is 51.8 Å². The van der Waals surface area contributed by atoms with Gasteiger partial charge in [-0.05, 0) is 43.5 Å². The van der Waals surface area contributed by atoms with Gasteiger partial charge in [0.25, 0.3) is 0 Å². The Morgan fingerprint density at radius 3 is 2.27 bits per heavy atom. The molecule has 1 amide bonds. The molecule has 0 spiro atoms. The molecule has 1 saturated heterocycles. The molecule has 8 heteroatoms. The number of thiazole rings is 1. The summed E-state index contributed by atoms with van der Waals surface area (Å²) >= 11 is 1.70. The number of benzene rings is 1.